The Labute approximate surface area is 79.3 Å². The monoisotopic (exact) mass is 207 g/mol. The average Bonchev–Trinajstić information content (AvgIpc) is 2.01. The highest BCUT2D eigenvalue weighted by Gasteiger charge is 2.23. The lowest BCUT2D eigenvalue weighted by molar-refractivity contribution is 0.0950. The fourth-order valence-electron chi connectivity index (χ4n) is 1.57. The first-order valence-corrected chi connectivity index (χ1v) is 6.64. The van der Waals surface area contributed by atoms with Crippen molar-refractivity contribution in [2.45, 2.75) is 31.4 Å². The van der Waals surface area contributed by atoms with Crippen LogP contribution in [0.3, 0.4) is 0 Å². The van der Waals surface area contributed by atoms with E-state index in [1.165, 1.54) is 6.26 Å². The number of aliphatic hydroxyl groups is 1. The lowest BCUT2D eigenvalue weighted by Crippen LogP contribution is -2.45. The minimum atomic E-state index is -2.90. The number of rotatable bonds is 3. The van der Waals surface area contributed by atoms with Gasteiger partial charge in [-0.3, -0.25) is 0 Å². The molecule has 1 heterocycles. The van der Waals surface area contributed by atoms with Crippen molar-refractivity contribution >= 4 is 9.84 Å². The van der Waals surface area contributed by atoms with E-state index in [0.29, 0.717) is 6.42 Å². The molecule has 0 aromatic rings. The van der Waals surface area contributed by atoms with Crippen LogP contribution in [-0.4, -0.2) is 44.2 Å². The molecule has 1 fully saturated rings. The molecule has 0 aliphatic carbocycles. The second kappa shape index (κ2) is 4.39. The molecule has 1 aliphatic rings. The molecule has 0 amide bonds. The van der Waals surface area contributed by atoms with Gasteiger partial charge in [0.25, 0.3) is 0 Å². The summed E-state index contributed by atoms with van der Waals surface area (Å²) < 4.78 is 21.7. The summed E-state index contributed by atoms with van der Waals surface area (Å²) in [6.45, 7) is 0.880. The van der Waals surface area contributed by atoms with E-state index in [1.807, 2.05) is 0 Å². The summed E-state index contributed by atoms with van der Waals surface area (Å²) in [6, 6.07) is -0.0384. The molecule has 2 N–H and O–H groups in total. The third kappa shape index (κ3) is 4.06. The van der Waals surface area contributed by atoms with E-state index in [0.717, 1.165) is 19.4 Å². The lowest BCUT2D eigenvalue weighted by atomic mass is 10.00. The van der Waals surface area contributed by atoms with Gasteiger partial charge in [-0.25, -0.2) is 8.42 Å². The summed E-state index contributed by atoms with van der Waals surface area (Å²) in [6.07, 6.45) is 3.11. The maximum absolute atomic E-state index is 10.9. The quantitative estimate of drug-likeness (QED) is 0.657. The van der Waals surface area contributed by atoms with Crippen LogP contribution in [0, 0.1) is 0 Å². The van der Waals surface area contributed by atoms with Crippen molar-refractivity contribution in [2.24, 2.45) is 0 Å². The largest absolute Gasteiger partial charge is 0.392 e. The van der Waals surface area contributed by atoms with E-state index in [9.17, 15) is 13.5 Å². The molecule has 2 unspecified atom stereocenters. The molecular formula is C8H17NO3S. The second-order valence-electron chi connectivity index (χ2n) is 3.69. The fourth-order valence-corrected chi connectivity index (χ4v) is 2.25. The van der Waals surface area contributed by atoms with Gasteiger partial charge < -0.3 is 10.4 Å². The molecule has 1 rings (SSSR count). The Morgan fingerprint density at radius 3 is 2.77 bits per heavy atom. The molecule has 0 saturated carbocycles. The molecule has 0 bridgehead atoms. The van der Waals surface area contributed by atoms with E-state index in [2.05, 4.69) is 5.32 Å². The number of sulfone groups is 1. The van der Waals surface area contributed by atoms with Gasteiger partial charge in [0.05, 0.1) is 11.9 Å². The van der Waals surface area contributed by atoms with Gasteiger partial charge in [-0.1, -0.05) is 0 Å². The molecule has 1 saturated heterocycles. The van der Waals surface area contributed by atoms with E-state index in [-0.39, 0.29) is 17.9 Å². The van der Waals surface area contributed by atoms with Gasteiger partial charge in [0.2, 0.25) is 0 Å². The number of hydrogen-bond donors (Lipinski definition) is 2. The van der Waals surface area contributed by atoms with Crippen molar-refractivity contribution in [1.29, 1.82) is 0 Å². The van der Waals surface area contributed by atoms with Crippen LogP contribution in [-0.2, 0) is 9.84 Å². The summed E-state index contributed by atoms with van der Waals surface area (Å²) >= 11 is 0. The molecule has 78 valence electrons. The molecule has 0 aromatic heterocycles. The van der Waals surface area contributed by atoms with Gasteiger partial charge >= 0.3 is 0 Å². The third-order valence-electron chi connectivity index (χ3n) is 2.35. The summed E-state index contributed by atoms with van der Waals surface area (Å²) in [5.74, 6) is 0.154. The first kappa shape index (κ1) is 10.9. The van der Waals surface area contributed by atoms with Crippen LogP contribution in [0.5, 0.6) is 0 Å². The van der Waals surface area contributed by atoms with Crippen LogP contribution in [0.15, 0.2) is 0 Å². The Balaban J connectivity index is 2.35. The fraction of sp³-hybridized carbons (Fsp3) is 1.00. The molecule has 0 aromatic carbocycles. The van der Waals surface area contributed by atoms with Gasteiger partial charge in [-0.05, 0) is 25.8 Å². The highest BCUT2D eigenvalue weighted by molar-refractivity contribution is 7.90. The highest BCUT2D eigenvalue weighted by atomic mass is 32.2. The predicted molar refractivity (Wildman–Crippen MR) is 51.4 cm³/mol. The Morgan fingerprint density at radius 1 is 1.54 bits per heavy atom. The number of piperidine rings is 1. The highest BCUT2D eigenvalue weighted by Crippen LogP contribution is 2.11. The van der Waals surface area contributed by atoms with Crippen molar-refractivity contribution in [2.75, 3.05) is 18.6 Å². The van der Waals surface area contributed by atoms with Crippen LogP contribution < -0.4 is 5.32 Å². The first-order chi connectivity index (χ1) is 5.99. The van der Waals surface area contributed by atoms with Crippen LogP contribution in [0.25, 0.3) is 0 Å². The zero-order chi connectivity index (χ0) is 9.90. The normalized spacial score (nSPS) is 30.3. The standard InChI is InChI=1S/C8H17NO3S/c1-13(11,12)6-4-7-8(10)3-2-5-9-7/h7-10H,2-6H2,1H3. The zero-order valence-corrected chi connectivity index (χ0v) is 8.68. The molecule has 4 nitrogen and oxygen atoms in total. The Bertz CT molecular complexity index is 250. The lowest BCUT2D eigenvalue weighted by Gasteiger charge is -2.28. The van der Waals surface area contributed by atoms with Gasteiger partial charge in [0.1, 0.15) is 9.84 Å². The van der Waals surface area contributed by atoms with Gasteiger partial charge in [0.15, 0.2) is 0 Å². The van der Waals surface area contributed by atoms with Gasteiger partial charge in [0, 0.05) is 12.3 Å². The van der Waals surface area contributed by atoms with E-state index >= 15 is 0 Å². The minimum absolute atomic E-state index is 0.0384. The second-order valence-corrected chi connectivity index (χ2v) is 5.95. The average molecular weight is 207 g/mol. The first-order valence-electron chi connectivity index (χ1n) is 4.58. The van der Waals surface area contributed by atoms with Crippen LogP contribution >= 0.6 is 0 Å². The third-order valence-corrected chi connectivity index (χ3v) is 3.32. The van der Waals surface area contributed by atoms with Gasteiger partial charge in [-0.15, -0.1) is 0 Å². The summed E-state index contributed by atoms with van der Waals surface area (Å²) in [7, 11) is -2.90. The summed E-state index contributed by atoms with van der Waals surface area (Å²) in [4.78, 5) is 0. The minimum Gasteiger partial charge on any atom is -0.392 e. The van der Waals surface area contributed by atoms with E-state index in [1.54, 1.807) is 0 Å². The van der Waals surface area contributed by atoms with E-state index in [4.69, 9.17) is 0 Å². The molecule has 5 heteroatoms. The van der Waals surface area contributed by atoms with Crippen LogP contribution in [0.4, 0.5) is 0 Å². The molecule has 13 heavy (non-hydrogen) atoms. The van der Waals surface area contributed by atoms with Crippen molar-refractivity contribution in [1.82, 2.24) is 5.32 Å². The van der Waals surface area contributed by atoms with E-state index < -0.39 is 9.84 Å². The molecule has 0 spiro atoms. The SMILES string of the molecule is CS(=O)(=O)CCC1NCCCC1O. The zero-order valence-electron chi connectivity index (χ0n) is 7.86. The number of aliphatic hydroxyl groups excluding tert-OH is 1. The Hall–Kier alpha value is -0.130. The molecule has 2 atom stereocenters. The topological polar surface area (TPSA) is 66.4 Å². The Morgan fingerprint density at radius 2 is 2.23 bits per heavy atom. The molecule has 0 radical (unpaired) electrons. The van der Waals surface area contributed by atoms with Crippen molar-refractivity contribution in [3.8, 4) is 0 Å². The summed E-state index contributed by atoms with van der Waals surface area (Å²) in [5, 5.41) is 12.6. The maximum Gasteiger partial charge on any atom is 0.147 e. The number of nitrogens with one attached hydrogen (secondary N) is 1. The molecule has 1 aliphatic heterocycles. The smallest absolute Gasteiger partial charge is 0.147 e. The van der Waals surface area contributed by atoms with Gasteiger partial charge in [-0.2, -0.15) is 0 Å². The van der Waals surface area contributed by atoms with Crippen molar-refractivity contribution in [3.05, 3.63) is 0 Å². The maximum atomic E-state index is 10.9. The van der Waals surface area contributed by atoms with Crippen LogP contribution in [0.2, 0.25) is 0 Å². The van der Waals surface area contributed by atoms with Crippen molar-refractivity contribution in [3.63, 3.8) is 0 Å². The molecular weight excluding hydrogens is 190 g/mol. The summed E-state index contributed by atoms with van der Waals surface area (Å²) in [5.41, 5.74) is 0. The number of hydrogen-bond acceptors (Lipinski definition) is 4. The van der Waals surface area contributed by atoms with Crippen molar-refractivity contribution < 1.29 is 13.5 Å². The Kier molecular flexibility index (Phi) is 3.70. The predicted octanol–water partition coefficient (Wildman–Crippen LogP) is -0.466. The van der Waals surface area contributed by atoms with Crippen LogP contribution in [0.1, 0.15) is 19.3 Å².